The summed E-state index contributed by atoms with van der Waals surface area (Å²) in [5.41, 5.74) is 6.21. The second-order valence-electron chi connectivity index (χ2n) is 3.75. The standard InChI is InChI=1S/C11H12F3NO3/c12-11(13,14)18-9-3-1-7(2-4-9)5-8(15)6-10(16)17/h1-4,8H,5-6,15H2,(H,16,17)/t8-/m0/s1. The molecule has 4 nitrogen and oxygen atoms in total. The van der Waals surface area contributed by atoms with Crippen molar-refractivity contribution in [3.63, 3.8) is 0 Å². The third-order valence-corrected chi connectivity index (χ3v) is 2.09. The van der Waals surface area contributed by atoms with Crippen LogP contribution in [0.1, 0.15) is 12.0 Å². The summed E-state index contributed by atoms with van der Waals surface area (Å²) in [7, 11) is 0. The van der Waals surface area contributed by atoms with Gasteiger partial charge in [-0.25, -0.2) is 0 Å². The zero-order valence-corrected chi connectivity index (χ0v) is 9.28. The molecule has 0 unspecified atom stereocenters. The van der Waals surface area contributed by atoms with Gasteiger partial charge in [0.1, 0.15) is 5.75 Å². The van der Waals surface area contributed by atoms with Crippen LogP contribution in [-0.4, -0.2) is 23.5 Å². The normalized spacial score (nSPS) is 13.1. The van der Waals surface area contributed by atoms with Crippen molar-refractivity contribution in [2.24, 2.45) is 5.73 Å². The van der Waals surface area contributed by atoms with E-state index >= 15 is 0 Å². The Morgan fingerprint density at radius 3 is 2.33 bits per heavy atom. The predicted molar refractivity (Wildman–Crippen MR) is 57.1 cm³/mol. The summed E-state index contributed by atoms with van der Waals surface area (Å²) >= 11 is 0. The highest BCUT2D eigenvalue weighted by molar-refractivity contribution is 5.67. The molecule has 0 spiro atoms. The third-order valence-electron chi connectivity index (χ3n) is 2.09. The van der Waals surface area contributed by atoms with Gasteiger partial charge in [0.25, 0.3) is 0 Å². The van der Waals surface area contributed by atoms with E-state index in [1.807, 2.05) is 0 Å². The Morgan fingerprint density at radius 1 is 1.33 bits per heavy atom. The van der Waals surface area contributed by atoms with Crippen LogP contribution in [0, 0.1) is 0 Å². The minimum atomic E-state index is -4.72. The molecular formula is C11H12F3NO3. The van der Waals surface area contributed by atoms with Gasteiger partial charge in [0.05, 0.1) is 6.42 Å². The molecule has 0 radical (unpaired) electrons. The van der Waals surface area contributed by atoms with Crippen molar-refractivity contribution >= 4 is 5.97 Å². The Bertz CT molecular complexity index is 403. The van der Waals surface area contributed by atoms with Gasteiger partial charge in [0.15, 0.2) is 0 Å². The maximum Gasteiger partial charge on any atom is 0.573 e. The van der Waals surface area contributed by atoms with Crippen molar-refractivity contribution in [1.82, 2.24) is 0 Å². The minimum absolute atomic E-state index is 0.194. The van der Waals surface area contributed by atoms with Crippen LogP contribution in [0.3, 0.4) is 0 Å². The summed E-state index contributed by atoms with van der Waals surface area (Å²) in [6.45, 7) is 0. The zero-order chi connectivity index (χ0) is 13.8. The van der Waals surface area contributed by atoms with E-state index in [0.717, 1.165) is 12.1 Å². The van der Waals surface area contributed by atoms with Gasteiger partial charge >= 0.3 is 12.3 Å². The molecule has 1 atom stereocenters. The van der Waals surface area contributed by atoms with Crippen LogP contribution in [0.5, 0.6) is 5.75 Å². The maximum absolute atomic E-state index is 11.9. The molecule has 18 heavy (non-hydrogen) atoms. The second kappa shape index (κ2) is 5.72. The van der Waals surface area contributed by atoms with Gasteiger partial charge in [-0.3, -0.25) is 4.79 Å². The number of carbonyl (C=O) groups is 1. The summed E-state index contributed by atoms with van der Waals surface area (Å²) in [6, 6.07) is 4.59. The Kier molecular flexibility index (Phi) is 4.55. The van der Waals surface area contributed by atoms with E-state index in [-0.39, 0.29) is 18.6 Å². The molecular weight excluding hydrogens is 251 g/mol. The zero-order valence-electron chi connectivity index (χ0n) is 9.28. The molecule has 0 aliphatic rings. The summed E-state index contributed by atoms with van der Waals surface area (Å²) < 4.78 is 39.4. The summed E-state index contributed by atoms with van der Waals surface area (Å²) in [5.74, 6) is -1.34. The first-order valence-electron chi connectivity index (χ1n) is 5.08. The van der Waals surface area contributed by atoms with E-state index in [0.29, 0.717) is 5.56 Å². The number of ether oxygens (including phenoxy) is 1. The van der Waals surface area contributed by atoms with Gasteiger partial charge in [-0.2, -0.15) is 0 Å². The second-order valence-corrected chi connectivity index (χ2v) is 3.75. The molecule has 3 N–H and O–H groups in total. The molecule has 0 saturated carbocycles. The number of aliphatic carboxylic acids is 1. The van der Waals surface area contributed by atoms with Crippen molar-refractivity contribution in [1.29, 1.82) is 0 Å². The Morgan fingerprint density at radius 2 is 1.89 bits per heavy atom. The molecule has 1 aromatic carbocycles. The monoisotopic (exact) mass is 263 g/mol. The average molecular weight is 263 g/mol. The van der Waals surface area contributed by atoms with E-state index in [1.54, 1.807) is 0 Å². The van der Waals surface area contributed by atoms with Crippen LogP contribution in [0.25, 0.3) is 0 Å². The first-order chi connectivity index (χ1) is 8.26. The highest BCUT2D eigenvalue weighted by atomic mass is 19.4. The van der Waals surface area contributed by atoms with Crippen molar-refractivity contribution < 1.29 is 27.8 Å². The minimum Gasteiger partial charge on any atom is -0.481 e. The van der Waals surface area contributed by atoms with Gasteiger partial charge in [0.2, 0.25) is 0 Å². The fourth-order valence-corrected chi connectivity index (χ4v) is 1.43. The Hall–Kier alpha value is -1.76. The molecule has 0 aromatic heterocycles. The molecule has 0 heterocycles. The number of carboxylic acids is 1. The average Bonchev–Trinajstić information content (AvgIpc) is 2.17. The van der Waals surface area contributed by atoms with Gasteiger partial charge < -0.3 is 15.6 Å². The summed E-state index contributed by atoms with van der Waals surface area (Å²) in [6.07, 6.45) is -4.64. The highest BCUT2D eigenvalue weighted by Gasteiger charge is 2.30. The first-order valence-corrected chi connectivity index (χ1v) is 5.08. The molecule has 0 aliphatic carbocycles. The third kappa shape index (κ3) is 5.53. The van der Waals surface area contributed by atoms with E-state index in [1.165, 1.54) is 12.1 Å². The molecule has 7 heteroatoms. The van der Waals surface area contributed by atoms with Crippen molar-refractivity contribution in [2.45, 2.75) is 25.2 Å². The fourth-order valence-electron chi connectivity index (χ4n) is 1.43. The lowest BCUT2D eigenvalue weighted by Gasteiger charge is -2.11. The van der Waals surface area contributed by atoms with Gasteiger partial charge in [-0.05, 0) is 24.1 Å². The highest BCUT2D eigenvalue weighted by Crippen LogP contribution is 2.23. The number of carboxylic acid groups (broad SMARTS) is 1. The van der Waals surface area contributed by atoms with Crippen LogP contribution in [-0.2, 0) is 11.2 Å². The number of hydrogen-bond donors (Lipinski definition) is 2. The number of rotatable bonds is 5. The number of benzene rings is 1. The largest absolute Gasteiger partial charge is 0.573 e. The Labute approximate surface area is 101 Å². The summed E-state index contributed by atoms with van der Waals surface area (Å²) in [5, 5.41) is 8.51. The van der Waals surface area contributed by atoms with Crippen LogP contribution >= 0.6 is 0 Å². The number of alkyl halides is 3. The SMILES string of the molecule is N[C@H](CC(=O)O)Cc1ccc(OC(F)(F)F)cc1. The van der Waals surface area contributed by atoms with Crippen LogP contribution < -0.4 is 10.5 Å². The quantitative estimate of drug-likeness (QED) is 0.851. The topological polar surface area (TPSA) is 72.6 Å². The fraction of sp³-hybridized carbons (Fsp3) is 0.364. The molecule has 100 valence electrons. The van der Waals surface area contributed by atoms with Crippen LogP contribution in [0.4, 0.5) is 13.2 Å². The number of hydrogen-bond acceptors (Lipinski definition) is 3. The lowest BCUT2D eigenvalue weighted by molar-refractivity contribution is -0.274. The number of nitrogens with two attached hydrogens (primary N) is 1. The molecule has 0 fully saturated rings. The summed E-state index contributed by atoms with van der Waals surface area (Å²) in [4.78, 5) is 10.4. The molecule has 0 amide bonds. The van der Waals surface area contributed by atoms with E-state index in [9.17, 15) is 18.0 Å². The Balaban J connectivity index is 2.57. The van der Waals surface area contributed by atoms with Crippen molar-refractivity contribution in [2.75, 3.05) is 0 Å². The van der Waals surface area contributed by atoms with Gasteiger partial charge in [-0.1, -0.05) is 12.1 Å². The van der Waals surface area contributed by atoms with E-state index in [2.05, 4.69) is 4.74 Å². The smallest absolute Gasteiger partial charge is 0.481 e. The lowest BCUT2D eigenvalue weighted by atomic mass is 10.0. The van der Waals surface area contributed by atoms with Crippen molar-refractivity contribution in [3.05, 3.63) is 29.8 Å². The first kappa shape index (κ1) is 14.3. The number of halogens is 3. The van der Waals surface area contributed by atoms with Crippen LogP contribution in [0.15, 0.2) is 24.3 Å². The van der Waals surface area contributed by atoms with Crippen LogP contribution in [0.2, 0.25) is 0 Å². The lowest BCUT2D eigenvalue weighted by Crippen LogP contribution is -2.26. The van der Waals surface area contributed by atoms with E-state index in [4.69, 9.17) is 10.8 Å². The molecule has 1 rings (SSSR count). The van der Waals surface area contributed by atoms with Crippen molar-refractivity contribution in [3.8, 4) is 5.75 Å². The molecule has 0 aliphatic heterocycles. The van der Waals surface area contributed by atoms with Gasteiger partial charge in [0, 0.05) is 6.04 Å². The van der Waals surface area contributed by atoms with Gasteiger partial charge in [-0.15, -0.1) is 13.2 Å². The molecule has 0 saturated heterocycles. The molecule has 1 aromatic rings. The van der Waals surface area contributed by atoms with E-state index < -0.39 is 18.4 Å². The maximum atomic E-state index is 11.9. The predicted octanol–water partition coefficient (Wildman–Crippen LogP) is 1.93. The molecule has 0 bridgehead atoms.